The van der Waals surface area contributed by atoms with Gasteiger partial charge in [0.15, 0.2) is 0 Å². The Hall–Kier alpha value is -0.360. The number of halogens is 2. The molecule has 0 bridgehead atoms. The third kappa shape index (κ3) is 3.11. The molecule has 0 spiro atoms. The van der Waals surface area contributed by atoms with Gasteiger partial charge >= 0.3 is 0 Å². The highest BCUT2D eigenvalue weighted by Crippen LogP contribution is 2.22. The zero-order valence-electron chi connectivity index (χ0n) is 6.72. The highest BCUT2D eigenvalue weighted by molar-refractivity contribution is 7.80. The zero-order valence-corrected chi connectivity index (χ0v) is 9.13. The molecule has 1 heterocycles. The first kappa shape index (κ1) is 10.7. The molecule has 1 aromatic heterocycles. The first-order valence-corrected chi connectivity index (χ1v) is 5.04. The summed E-state index contributed by atoms with van der Waals surface area (Å²) in [4.78, 5) is 3.82. The highest BCUT2D eigenvalue weighted by Gasteiger charge is 2.01. The molecule has 1 nitrogen and oxygen atoms in total. The average molecular weight is 232 g/mol. The topological polar surface area (TPSA) is 12.9 Å². The quantitative estimate of drug-likeness (QED) is 0.446. The van der Waals surface area contributed by atoms with Gasteiger partial charge in [0.1, 0.15) is 5.15 Å². The van der Waals surface area contributed by atoms with E-state index in [9.17, 15) is 0 Å². The Labute approximate surface area is 92.9 Å². The van der Waals surface area contributed by atoms with Gasteiger partial charge in [0.05, 0.1) is 5.02 Å². The molecule has 1 rings (SSSR count). The van der Waals surface area contributed by atoms with Gasteiger partial charge in [0, 0.05) is 23.9 Å². The summed E-state index contributed by atoms with van der Waals surface area (Å²) in [5.41, 5.74) is 0.712. The Bertz CT molecular complexity index is 354. The summed E-state index contributed by atoms with van der Waals surface area (Å²) in [7, 11) is 0. The normalized spacial score (nSPS) is 9.15. The van der Waals surface area contributed by atoms with Crippen molar-refractivity contribution in [2.24, 2.45) is 0 Å². The van der Waals surface area contributed by atoms with E-state index in [-0.39, 0.29) is 0 Å². The number of nitrogens with zero attached hydrogens (tertiary/aromatic N) is 1. The first-order valence-electron chi connectivity index (χ1n) is 3.65. The van der Waals surface area contributed by atoms with Crippen LogP contribution in [-0.2, 0) is 0 Å². The van der Waals surface area contributed by atoms with Crippen molar-refractivity contribution in [1.29, 1.82) is 0 Å². The minimum atomic E-state index is 0.291. The monoisotopic (exact) mass is 231 g/mol. The van der Waals surface area contributed by atoms with Crippen molar-refractivity contribution >= 4 is 35.8 Å². The lowest BCUT2D eigenvalue weighted by Crippen LogP contribution is -1.81. The summed E-state index contributed by atoms with van der Waals surface area (Å²) in [5, 5.41) is 0.704. The highest BCUT2D eigenvalue weighted by atomic mass is 35.5. The van der Waals surface area contributed by atoms with Crippen LogP contribution in [0.5, 0.6) is 0 Å². The van der Waals surface area contributed by atoms with E-state index in [0.29, 0.717) is 15.7 Å². The fourth-order valence-electron chi connectivity index (χ4n) is 0.728. The molecule has 0 aromatic carbocycles. The molecule has 0 saturated heterocycles. The third-order valence-corrected chi connectivity index (χ3v) is 2.30. The van der Waals surface area contributed by atoms with Crippen molar-refractivity contribution in [3.63, 3.8) is 0 Å². The molecule has 0 saturated carbocycles. The predicted molar refractivity (Wildman–Crippen MR) is 59.6 cm³/mol. The lowest BCUT2D eigenvalue weighted by Gasteiger charge is -1.95. The standard InChI is InChI=1S/C9H7Cl2NS/c10-8-7(3-1-2-6-13)4-5-12-9(8)11/h4-5,13H,2,6H2. The molecule has 1 aromatic rings. The van der Waals surface area contributed by atoms with Crippen LogP contribution in [0.3, 0.4) is 0 Å². The predicted octanol–water partition coefficient (Wildman–Crippen LogP) is 3.06. The minimum Gasteiger partial charge on any atom is -0.243 e. The molecule has 0 fully saturated rings. The van der Waals surface area contributed by atoms with E-state index in [0.717, 1.165) is 12.2 Å². The smallest absolute Gasteiger partial charge is 0.148 e. The summed E-state index contributed by atoms with van der Waals surface area (Å²) in [6, 6.07) is 1.74. The SMILES string of the molecule is SCCC#Cc1ccnc(Cl)c1Cl. The van der Waals surface area contributed by atoms with Gasteiger partial charge in [-0.2, -0.15) is 12.6 Å². The van der Waals surface area contributed by atoms with E-state index >= 15 is 0 Å². The van der Waals surface area contributed by atoms with E-state index in [1.165, 1.54) is 0 Å². The Balaban J connectivity index is 2.91. The third-order valence-electron chi connectivity index (χ3n) is 1.31. The van der Waals surface area contributed by atoms with Crippen LogP contribution in [0.4, 0.5) is 0 Å². The molecule has 0 radical (unpaired) electrons. The van der Waals surface area contributed by atoms with Gasteiger partial charge in [-0.15, -0.1) is 0 Å². The largest absolute Gasteiger partial charge is 0.243 e. The van der Waals surface area contributed by atoms with Crippen LogP contribution in [-0.4, -0.2) is 10.7 Å². The van der Waals surface area contributed by atoms with Crippen LogP contribution in [0, 0.1) is 11.8 Å². The number of aromatic nitrogens is 1. The van der Waals surface area contributed by atoms with E-state index < -0.39 is 0 Å². The molecule has 4 heteroatoms. The molecule has 0 amide bonds. The van der Waals surface area contributed by atoms with Gasteiger partial charge in [-0.05, 0) is 6.07 Å². The molecule has 0 aliphatic heterocycles. The van der Waals surface area contributed by atoms with Crippen LogP contribution < -0.4 is 0 Å². The van der Waals surface area contributed by atoms with Crippen molar-refractivity contribution in [3.8, 4) is 11.8 Å². The second kappa shape index (κ2) is 5.39. The summed E-state index contributed by atoms with van der Waals surface area (Å²) in [5.74, 6) is 6.56. The summed E-state index contributed by atoms with van der Waals surface area (Å²) < 4.78 is 0. The first-order chi connectivity index (χ1) is 6.25. The molecule has 68 valence electrons. The van der Waals surface area contributed by atoms with Crippen molar-refractivity contribution in [1.82, 2.24) is 4.98 Å². The summed E-state index contributed by atoms with van der Waals surface area (Å²) >= 11 is 15.6. The van der Waals surface area contributed by atoms with Gasteiger partial charge < -0.3 is 0 Å². The van der Waals surface area contributed by atoms with Gasteiger partial charge in [-0.3, -0.25) is 0 Å². The number of thiol groups is 1. The van der Waals surface area contributed by atoms with Crippen LogP contribution >= 0.6 is 35.8 Å². The Morgan fingerprint density at radius 1 is 1.46 bits per heavy atom. The molecule has 0 unspecified atom stereocenters. The number of hydrogen-bond donors (Lipinski definition) is 1. The van der Waals surface area contributed by atoms with E-state index in [1.807, 2.05) is 0 Å². The Morgan fingerprint density at radius 2 is 2.23 bits per heavy atom. The van der Waals surface area contributed by atoms with Gasteiger partial charge in [-0.1, -0.05) is 35.0 Å². The fraction of sp³-hybridized carbons (Fsp3) is 0.222. The van der Waals surface area contributed by atoms with Gasteiger partial charge in [-0.25, -0.2) is 4.98 Å². The van der Waals surface area contributed by atoms with Crippen LogP contribution in [0.2, 0.25) is 10.2 Å². The molecule has 0 N–H and O–H groups in total. The molecule has 0 aliphatic rings. The van der Waals surface area contributed by atoms with Crippen molar-refractivity contribution < 1.29 is 0 Å². The molecule has 0 atom stereocenters. The Kier molecular flexibility index (Phi) is 4.44. The lowest BCUT2D eigenvalue weighted by molar-refractivity contribution is 1.30. The molecular weight excluding hydrogens is 225 g/mol. The van der Waals surface area contributed by atoms with E-state index in [4.69, 9.17) is 23.2 Å². The maximum atomic E-state index is 5.86. The molecule has 13 heavy (non-hydrogen) atoms. The van der Waals surface area contributed by atoms with E-state index in [1.54, 1.807) is 12.3 Å². The second-order valence-electron chi connectivity index (χ2n) is 2.24. The minimum absolute atomic E-state index is 0.291. The number of pyridine rings is 1. The van der Waals surface area contributed by atoms with Gasteiger partial charge in [0.2, 0.25) is 0 Å². The maximum Gasteiger partial charge on any atom is 0.148 e. The second-order valence-corrected chi connectivity index (χ2v) is 3.42. The fourth-order valence-corrected chi connectivity index (χ4v) is 1.16. The maximum absolute atomic E-state index is 5.86. The van der Waals surface area contributed by atoms with Crippen molar-refractivity contribution in [2.75, 3.05) is 5.75 Å². The van der Waals surface area contributed by atoms with Crippen LogP contribution in [0.15, 0.2) is 12.3 Å². The van der Waals surface area contributed by atoms with Crippen molar-refractivity contribution in [3.05, 3.63) is 28.0 Å². The van der Waals surface area contributed by atoms with Crippen molar-refractivity contribution in [2.45, 2.75) is 6.42 Å². The molecule has 0 aliphatic carbocycles. The lowest BCUT2D eigenvalue weighted by atomic mass is 10.2. The Morgan fingerprint density at radius 3 is 2.92 bits per heavy atom. The summed E-state index contributed by atoms with van der Waals surface area (Å²) in [6.45, 7) is 0. The summed E-state index contributed by atoms with van der Waals surface area (Å²) in [6.07, 6.45) is 2.32. The van der Waals surface area contributed by atoms with E-state index in [2.05, 4.69) is 29.5 Å². The number of rotatable bonds is 1. The van der Waals surface area contributed by atoms with Crippen LogP contribution in [0.25, 0.3) is 0 Å². The number of hydrogen-bond acceptors (Lipinski definition) is 2. The van der Waals surface area contributed by atoms with Gasteiger partial charge in [0.25, 0.3) is 0 Å². The average Bonchev–Trinajstić information content (AvgIpc) is 2.13. The zero-order chi connectivity index (χ0) is 9.68. The van der Waals surface area contributed by atoms with Crippen LogP contribution in [0.1, 0.15) is 12.0 Å². The molecular formula is C9H7Cl2NS.